The Morgan fingerprint density at radius 2 is 1.95 bits per heavy atom. The van der Waals surface area contributed by atoms with Crippen LogP contribution >= 0.6 is 12.4 Å². The van der Waals surface area contributed by atoms with Gasteiger partial charge in [0.25, 0.3) is 0 Å². The first kappa shape index (κ1) is 19.7. The quantitative estimate of drug-likeness (QED) is 0.656. The number of ether oxygens (including phenoxy) is 3. The monoisotopic (exact) mass is 318 g/mol. The van der Waals surface area contributed by atoms with Crippen molar-refractivity contribution >= 4 is 18.3 Å². The van der Waals surface area contributed by atoms with Crippen molar-refractivity contribution in [3.8, 4) is 5.75 Å². The Labute approximate surface area is 131 Å². The lowest BCUT2D eigenvalue weighted by atomic mass is 10.2. The number of rotatable bonds is 9. The van der Waals surface area contributed by atoms with Crippen LogP contribution in [0, 0.1) is 0 Å². The molecule has 0 spiro atoms. The lowest BCUT2D eigenvalue weighted by Crippen LogP contribution is -2.43. The number of amides is 1. The maximum Gasteiger partial charge on any atom is 0.239 e. The molecule has 3 N–H and O–H groups in total. The molecule has 0 saturated heterocycles. The van der Waals surface area contributed by atoms with Crippen molar-refractivity contribution in [3.05, 3.63) is 29.8 Å². The van der Waals surface area contributed by atoms with Gasteiger partial charge in [-0.15, -0.1) is 12.4 Å². The molecule has 21 heavy (non-hydrogen) atoms. The second-order valence-corrected chi connectivity index (χ2v) is 4.23. The number of nitrogens with one attached hydrogen (secondary N) is 1. The molecule has 6 nitrogen and oxygen atoms in total. The minimum absolute atomic E-state index is 0. The van der Waals surface area contributed by atoms with Gasteiger partial charge in [0.05, 0.1) is 13.2 Å². The van der Waals surface area contributed by atoms with Crippen molar-refractivity contribution < 1.29 is 19.0 Å². The third kappa shape index (κ3) is 7.29. The summed E-state index contributed by atoms with van der Waals surface area (Å²) >= 11 is 0. The first-order valence-corrected chi connectivity index (χ1v) is 6.41. The van der Waals surface area contributed by atoms with E-state index in [2.05, 4.69) is 5.32 Å². The average Bonchev–Trinajstić information content (AvgIpc) is 2.46. The highest BCUT2D eigenvalue weighted by atomic mass is 35.5. The van der Waals surface area contributed by atoms with Crippen LogP contribution < -0.4 is 15.8 Å². The number of hydrogen-bond acceptors (Lipinski definition) is 5. The summed E-state index contributed by atoms with van der Waals surface area (Å²) in [5, 5.41) is 2.76. The Balaban J connectivity index is 0.00000400. The third-order valence-corrected chi connectivity index (χ3v) is 2.65. The standard InChI is InChI=1S/C14H22N2O4.ClH/c1-18-7-8-20-13-6-4-3-5-11(13)9-16-14(17)12(15)10-19-2;/h3-6,12H,7-10,15H2,1-2H3,(H,16,17);1H. The molecule has 0 fully saturated rings. The van der Waals surface area contributed by atoms with Crippen LogP contribution in [0.3, 0.4) is 0 Å². The van der Waals surface area contributed by atoms with Crippen molar-refractivity contribution in [2.24, 2.45) is 5.73 Å². The van der Waals surface area contributed by atoms with Crippen LogP contribution in [0.4, 0.5) is 0 Å². The summed E-state index contributed by atoms with van der Waals surface area (Å²) in [5.41, 5.74) is 6.53. The Morgan fingerprint density at radius 1 is 1.24 bits per heavy atom. The van der Waals surface area contributed by atoms with Gasteiger partial charge in [0.2, 0.25) is 5.91 Å². The lowest BCUT2D eigenvalue weighted by molar-refractivity contribution is -0.123. The first-order valence-electron chi connectivity index (χ1n) is 6.41. The largest absolute Gasteiger partial charge is 0.491 e. The highest BCUT2D eigenvalue weighted by molar-refractivity contribution is 5.85. The topological polar surface area (TPSA) is 82.8 Å². The van der Waals surface area contributed by atoms with Gasteiger partial charge < -0.3 is 25.3 Å². The van der Waals surface area contributed by atoms with Crippen LogP contribution in [0.1, 0.15) is 5.56 Å². The molecule has 1 rings (SSSR count). The molecule has 1 aromatic carbocycles. The predicted molar refractivity (Wildman–Crippen MR) is 82.8 cm³/mol. The number of nitrogens with two attached hydrogens (primary N) is 1. The van der Waals surface area contributed by atoms with Crippen LogP contribution in [0.15, 0.2) is 24.3 Å². The molecule has 0 radical (unpaired) electrons. The normalized spacial score (nSPS) is 11.4. The Bertz CT molecular complexity index is 418. The van der Waals surface area contributed by atoms with Crippen LogP contribution in [0.25, 0.3) is 0 Å². The molecule has 0 bridgehead atoms. The van der Waals surface area contributed by atoms with Crippen LogP contribution in [0.5, 0.6) is 5.75 Å². The van der Waals surface area contributed by atoms with Crippen molar-refractivity contribution in [2.75, 3.05) is 34.0 Å². The number of carbonyl (C=O) groups is 1. The minimum Gasteiger partial charge on any atom is -0.491 e. The van der Waals surface area contributed by atoms with E-state index in [1.807, 2.05) is 24.3 Å². The Hall–Kier alpha value is -1.34. The maximum atomic E-state index is 11.7. The number of carbonyl (C=O) groups excluding carboxylic acids is 1. The summed E-state index contributed by atoms with van der Waals surface area (Å²) in [4.78, 5) is 11.7. The summed E-state index contributed by atoms with van der Waals surface area (Å²) in [7, 11) is 3.12. The van der Waals surface area contributed by atoms with Gasteiger partial charge in [-0.1, -0.05) is 18.2 Å². The average molecular weight is 319 g/mol. The molecule has 0 heterocycles. The van der Waals surface area contributed by atoms with Gasteiger partial charge in [-0.3, -0.25) is 4.79 Å². The van der Waals surface area contributed by atoms with Crippen molar-refractivity contribution in [1.29, 1.82) is 0 Å². The second-order valence-electron chi connectivity index (χ2n) is 4.23. The molecule has 0 aromatic heterocycles. The van der Waals surface area contributed by atoms with E-state index < -0.39 is 6.04 Å². The molecule has 0 aliphatic carbocycles. The highest BCUT2D eigenvalue weighted by Crippen LogP contribution is 2.17. The number of hydrogen-bond donors (Lipinski definition) is 2. The number of para-hydroxylation sites is 1. The summed E-state index contributed by atoms with van der Waals surface area (Å²) in [6.07, 6.45) is 0. The third-order valence-electron chi connectivity index (χ3n) is 2.65. The molecule has 0 aliphatic rings. The molecule has 0 saturated carbocycles. The van der Waals surface area contributed by atoms with Crippen LogP contribution in [-0.2, 0) is 20.8 Å². The van der Waals surface area contributed by atoms with Gasteiger partial charge in [0.1, 0.15) is 18.4 Å². The smallest absolute Gasteiger partial charge is 0.239 e. The van der Waals surface area contributed by atoms with Crippen molar-refractivity contribution in [1.82, 2.24) is 5.32 Å². The highest BCUT2D eigenvalue weighted by Gasteiger charge is 2.13. The molecule has 1 atom stereocenters. The van der Waals surface area contributed by atoms with E-state index in [4.69, 9.17) is 19.9 Å². The van der Waals surface area contributed by atoms with Gasteiger partial charge >= 0.3 is 0 Å². The zero-order valence-electron chi connectivity index (χ0n) is 12.3. The number of halogens is 1. The Kier molecular flexibility index (Phi) is 10.6. The zero-order chi connectivity index (χ0) is 14.8. The summed E-state index contributed by atoms with van der Waals surface area (Å²) in [6.45, 7) is 1.53. The van der Waals surface area contributed by atoms with E-state index in [0.717, 1.165) is 11.3 Å². The fraction of sp³-hybridized carbons (Fsp3) is 0.500. The molecule has 7 heteroatoms. The van der Waals surface area contributed by atoms with E-state index in [-0.39, 0.29) is 24.9 Å². The SMILES string of the molecule is COCCOc1ccccc1CNC(=O)C(N)COC.Cl. The fourth-order valence-corrected chi connectivity index (χ4v) is 1.59. The molecular formula is C14H23ClN2O4. The minimum atomic E-state index is -0.665. The van der Waals surface area contributed by atoms with Gasteiger partial charge in [-0.2, -0.15) is 0 Å². The predicted octanol–water partition coefficient (Wildman–Crippen LogP) is 0.724. The van der Waals surface area contributed by atoms with E-state index in [1.165, 1.54) is 7.11 Å². The van der Waals surface area contributed by atoms with Gasteiger partial charge in [-0.05, 0) is 6.07 Å². The van der Waals surface area contributed by atoms with Crippen molar-refractivity contribution in [2.45, 2.75) is 12.6 Å². The Morgan fingerprint density at radius 3 is 2.62 bits per heavy atom. The van der Waals surface area contributed by atoms with E-state index >= 15 is 0 Å². The number of methoxy groups -OCH3 is 2. The summed E-state index contributed by atoms with van der Waals surface area (Å²) in [6, 6.07) is 6.85. The van der Waals surface area contributed by atoms with Gasteiger partial charge in [-0.25, -0.2) is 0 Å². The van der Waals surface area contributed by atoms with Gasteiger partial charge in [0, 0.05) is 26.3 Å². The number of benzene rings is 1. The van der Waals surface area contributed by atoms with E-state index in [1.54, 1.807) is 7.11 Å². The summed E-state index contributed by atoms with van der Waals surface area (Å²) in [5.74, 6) is 0.476. The first-order chi connectivity index (χ1) is 9.69. The van der Waals surface area contributed by atoms with E-state index in [0.29, 0.717) is 19.8 Å². The zero-order valence-corrected chi connectivity index (χ0v) is 13.2. The molecule has 1 aromatic rings. The molecule has 1 unspecified atom stereocenters. The maximum absolute atomic E-state index is 11.7. The lowest BCUT2D eigenvalue weighted by Gasteiger charge is -2.14. The van der Waals surface area contributed by atoms with Gasteiger partial charge in [0.15, 0.2) is 0 Å². The fourth-order valence-electron chi connectivity index (χ4n) is 1.59. The molecule has 1 amide bonds. The molecular weight excluding hydrogens is 296 g/mol. The van der Waals surface area contributed by atoms with Crippen LogP contribution in [0.2, 0.25) is 0 Å². The van der Waals surface area contributed by atoms with E-state index in [9.17, 15) is 4.79 Å². The molecule has 0 aliphatic heterocycles. The summed E-state index contributed by atoms with van der Waals surface area (Å²) < 4.78 is 15.4. The van der Waals surface area contributed by atoms with Crippen LogP contribution in [-0.4, -0.2) is 46.0 Å². The molecule has 120 valence electrons. The second kappa shape index (κ2) is 11.3. The van der Waals surface area contributed by atoms with Crippen molar-refractivity contribution in [3.63, 3.8) is 0 Å².